The monoisotopic (exact) mass is 182 g/mol. The Bertz CT molecular complexity index is 501. The fourth-order valence-electron chi connectivity index (χ4n) is 1.38. The van der Waals surface area contributed by atoms with Crippen molar-refractivity contribution in [1.82, 2.24) is 19.9 Å². The first-order valence-electron chi connectivity index (χ1n) is 4.25. The summed E-state index contributed by atoms with van der Waals surface area (Å²) >= 11 is 0. The van der Waals surface area contributed by atoms with Gasteiger partial charge in [-0.05, 0) is 12.1 Å². The smallest absolute Gasteiger partial charge is 0.108 e. The molecule has 0 radical (unpaired) electrons. The Labute approximate surface area is 79.7 Å². The van der Waals surface area contributed by atoms with E-state index >= 15 is 0 Å². The molecule has 3 heterocycles. The first-order chi connectivity index (χ1) is 6.93. The molecule has 3 rings (SSSR count). The summed E-state index contributed by atoms with van der Waals surface area (Å²) in [5, 5.41) is 0. The third-order valence-corrected chi connectivity index (χ3v) is 2.04. The molecule has 0 unspecified atom stereocenters. The molecule has 0 aliphatic carbocycles. The van der Waals surface area contributed by atoms with Gasteiger partial charge in [0.2, 0.25) is 0 Å². The van der Waals surface area contributed by atoms with Crippen LogP contribution in [0.25, 0.3) is 22.1 Å². The van der Waals surface area contributed by atoms with Gasteiger partial charge in [0.05, 0.1) is 23.4 Å². The van der Waals surface area contributed by atoms with E-state index in [1.165, 1.54) is 0 Å². The molecule has 4 nitrogen and oxygen atoms in total. The Hall–Kier alpha value is -2.10. The second-order valence-electron chi connectivity index (χ2n) is 2.95. The van der Waals surface area contributed by atoms with Gasteiger partial charge in [-0.2, -0.15) is 0 Å². The summed E-state index contributed by atoms with van der Waals surface area (Å²) in [6, 6.07) is 3.68. The fourth-order valence-corrected chi connectivity index (χ4v) is 1.38. The number of hydrogen-bond acceptors (Lipinski definition) is 4. The van der Waals surface area contributed by atoms with Crippen LogP contribution in [0.2, 0.25) is 0 Å². The number of aromatic nitrogens is 4. The lowest BCUT2D eigenvalue weighted by Gasteiger charge is -1.98. The minimum absolute atomic E-state index is 0.811. The van der Waals surface area contributed by atoms with Gasteiger partial charge < -0.3 is 0 Å². The maximum atomic E-state index is 4.41. The van der Waals surface area contributed by atoms with Crippen LogP contribution >= 0.6 is 0 Å². The molecule has 0 N–H and O–H groups in total. The van der Waals surface area contributed by atoms with Crippen LogP contribution in [0.1, 0.15) is 0 Å². The van der Waals surface area contributed by atoms with Crippen molar-refractivity contribution in [2.45, 2.75) is 0 Å². The normalized spacial score (nSPS) is 10.9. The Morgan fingerprint density at radius 1 is 0.643 bits per heavy atom. The molecule has 4 heteroatoms. The summed E-state index contributed by atoms with van der Waals surface area (Å²) in [5.41, 5.74) is 3.32. The van der Waals surface area contributed by atoms with Gasteiger partial charge in [-0.25, -0.2) is 9.97 Å². The molecule has 66 valence electrons. The van der Waals surface area contributed by atoms with Gasteiger partial charge in [-0.3, -0.25) is 9.97 Å². The zero-order chi connectivity index (χ0) is 9.38. The highest BCUT2D eigenvalue weighted by Gasteiger charge is 1.99. The van der Waals surface area contributed by atoms with Crippen molar-refractivity contribution >= 4 is 22.1 Å². The van der Waals surface area contributed by atoms with Crippen LogP contribution in [0, 0.1) is 0 Å². The summed E-state index contributed by atoms with van der Waals surface area (Å²) in [6.07, 6.45) is 6.84. The highest BCUT2D eigenvalue weighted by atomic mass is 14.8. The molecule has 0 amide bonds. The van der Waals surface area contributed by atoms with E-state index in [0.717, 1.165) is 22.1 Å². The molecule has 0 aromatic carbocycles. The van der Waals surface area contributed by atoms with Crippen molar-refractivity contribution in [3.05, 3.63) is 36.9 Å². The van der Waals surface area contributed by atoms with Gasteiger partial charge in [0, 0.05) is 12.4 Å². The molecule has 0 saturated heterocycles. The van der Waals surface area contributed by atoms with Gasteiger partial charge in [-0.1, -0.05) is 0 Å². The van der Waals surface area contributed by atoms with Crippen molar-refractivity contribution < 1.29 is 0 Å². The van der Waals surface area contributed by atoms with Crippen molar-refractivity contribution in [2.24, 2.45) is 0 Å². The zero-order valence-electron chi connectivity index (χ0n) is 7.25. The summed E-state index contributed by atoms with van der Waals surface area (Å²) in [5.74, 6) is 0. The largest absolute Gasteiger partial charge is 0.262 e. The van der Waals surface area contributed by atoms with E-state index in [1.807, 2.05) is 12.1 Å². The first kappa shape index (κ1) is 7.32. The Morgan fingerprint density at radius 3 is 1.64 bits per heavy atom. The molecule has 0 saturated carbocycles. The second-order valence-corrected chi connectivity index (χ2v) is 2.95. The SMILES string of the molecule is c1cc2nc3cnccc3nc2cn1. The quantitative estimate of drug-likeness (QED) is 0.495. The molecule has 0 spiro atoms. The summed E-state index contributed by atoms with van der Waals surface area (Å²) in [7, 11) is 0. The Kier molecular flexibility index (Phi) is 1.41. The van der Waals surface area contributed by atoms with Crippen LogP contribution in [0.3, 0.4) is 0 Å². The summed E-state index contributed by atoms with van der Waals surface area (Å²) in [6.45, 7) is 0. The van der Waals surface area contributed by atoms with Crippen molar-refractivity contribution in [3.63, 3.8) is 0 Å². The average Bonchev–Trinajstić information content (AvgIpc) is 2.26. The van der Waals surface area contributed by atoms with Gasteiger partial charge in [-0.15, -0.1) is 0 Å². The summed E-state index contributed by atoms with van der Waals surface area (Å²) < 4.78 is 0. The van der Waals surface area contributed by atoms with Gasteiger partial charge in [0.15, 0.2) is 0 Å². The number of hydrogen-bond donors (Lipinski definition) is 0. The fraction of sp³-hybridized carbons (Fsp3) is 0. The van der Waals surface area contributed by atoms with Crippen LogP contribution in [0.4, 0.5) is 0 Å². The topological polar surface area (TPSA) is 51.6 Å². The van der Waals surface area contributed by atoms with Gasteiger partial charge in [0.25, 0.3) is 0 Å². The van der Waals surface area contributed by atoms with Crippen molar-refractivity contribution in [2.75, 3.05) is 0 Å². The summed E-state index contributed by atoms with van der Waals surface area (Å²) in [4.78, 5) is 16.8. The molecular formula is C10H6N4. The van der Waals surface area contributed by atoms with E-state index in [9.17, 15) is 0 Å². The second kappa shape index (κ2) is 2.70. The number of nitrogens with zero attached hydrogens (tertiary/aromatic N) is 4. The maximum Gasteiger partial charge on any atom is 0.108 e. The van der Waals surface area contributed by atoms with E-state index in [1.54, 1.807) is 24.8 Å². The molecule has 3 aromatic rings. The van der Waals surface area contributed by atoms with Crippen LogP contribution in [0.15, 0.2) is 36.9 Å². The molecule has 0 bridgehead atoms. The number of fused-ring (bicyclic) bond motifs is 2. The standard InChI is InChI=1S/C10H6N4/c1-3-11-5-9-7(1)13-10-6-12-4-2-8(10)14-9/h1-6H. The third-order valence-electron chi connectivity index (χ3n) is 2.04. The number of rotatable bonds is 0. The zero-order valence-corrected chi connectivity index (χ0v) is 7.25. The first-order valence-corrected chi connectivity index (χ1v) is 4.25. The van der Waals surface area contributed by atoms with Gasteiger partial charge >= 0.3 is 0 Å². The van der Waals surface area contributed by atoms with Gasteiger partial charge in [0.1, 0.15) is 11.0 Å². The lowest BCUT2D eigenvalue weighted by atomic mass is 10.3. The van der Waals surface area contributed by atoms with E-state index in [4.69, 9.17) is 0 Å². The highest BCUT2D eigenvalue weighted by Crippen LogP contribution is 2.12. The predicted molar refractivity (Wildman–Crippen MR) is 52.6 cm³/mol. The molecule has 0 fully saturated rings. The van der Waals surface area contributed by atoms with Crippen LogP contribution in [0.5, 0.6) is 0 Å². The minimum atomic E-state index is 0.811. The van der Waals surface area contributed by atoms with E-state index in [-0.39, 0.29) is 0 Å². The van der Waals surface area contributed by atoms with Crippen molar-refractivity contribution in [1.29, 1.82) is 0 Å². The molecule has 0 aliphatic heterocycles. The Balaban J connectivity index is 2.52. The van der Waals surface area contributed by atoms with Crippen LogP contribution in [-0.4, -0.2) is 19.9 Å². The number of pyridine rings is 2. The molecule has 0 aliphatic rings. The molecule has 14 heavy (non-hydrogen) atoms. The highest BCUT2D eigenvalue weighted by molar-refractivity contribution is 5.84. The average molecular weight is 182 g/mol. The lowest BCUT2D eigenvalue weighted by Crippen LogP contribution is -1.88. The maximum absolute atomic E-state index is 4.41. The minimum Gasteiger partial charge on any atom is -0.262 e. The van der Waals surface area contributed by atoms with E-state index in [2.05, 4.69) is 19.9 Å². The predicted octanol–water partition coefficient (Wildman–Crippen LogP) is 1.57. The molecular weight excluding hydrogens is 176 g/mol. The third kappa shape index (κ3) is 1.01. The molecule has 3 aromatic heterocycles. The van der Waals surface area contributed by atoms with Crippen LogP contribution in [-0.2, 0) is 0 Å². The Morgan fingerprint density at radius 2 is 1.14 bits per heavy atom. The van der Waals surface area contributed by atoms with E-state index in [0.29, 0.717) is 0 Å². The van der Waals surface area contributed by atoms with Crippen molar-refractivity contribution in [3.8, 4) is 0 Å². The van der Waals surface area contributed by atoms with E-state index < -0.39 is 0 Å². The van der Waals surface area contributed by atoms with Crippen LogP contribution < -0.4 is 0 Å². The lowest BCUT2D eigenvalue weighted by molar-refractivity contribution is 1.27. The molecule has 0 atom stereocenters.